The van der Waals surface area contributed by atoms with E-state index in [9.17, 15) is 18.0 Å². The van der Waals surface area contributed by atoms with Crippen molar-refractivity contribution in [3.63, 3.8) is 0 Å². The highest BCUT2D eigenvalue weighted by Crippen LogP contribution is 2.01. The first-order valence-corrected chi connectivity index (χ1v) is 10.1. The van der Waals surface area contributed by atoms with E-state index in [1.807, 2.05) is 0 Å². The lowest BCUT2D eigenvalue weighted by atomic mass is 10.0. The highest BCUT2D eigenvalue weighted by atomic mass is 32.3. The number of aldehydes is 1. The van der Waals surface area contributed by atoms with Crippen LogP contribution in [-0.2, 0) is 29.8 Å². The van der Waals surface area contributed by atoms with E-state index in [4.69, 9.17) is 48.8 Å². The first-order valence-electron chi connectivity index (χ1n) is 6.44. The minimum Gasteiger partial charge on any atom is -0.480 e. The van der Waals surface area contributed by atoms with E-state index in [0.29, 0.717) is 0 Å². The van der Waals surface area contributed by atoms with Crippen molar-refractivity contribution in [3.05, 3.63) is 0 Å². The quantitative estimate of drug-likeness (QED) is 0.136. The molecular weight excluding hydrogens is 420 g/mol. The molecule has 0 unspecified atom stereocenters. The van der Waals surface area contributed by atoms with Gasteiger partial charge < -0.3 is 41.8 Å². The van der Waals surface area contributed by atoms with Gasteiger partial charge in [-0.25, -0.2) is 8.42 Å². The van der Waals surface area contributed by atoms with Crippen molar-refractivity contribution >= 4 is 32.5 Å². The van der Waals surface area contributed by atoms with Crippen LogP contribution in [0.4, 0.5) is 0 Å². The zero-order valence-electron chi connectivity index (χ0n) is 14.4. The number of hydrogen-bond donors (Lipinski definition) is 9. The third-order valence-electron chi connectivity index (χ3n) is 1.66. The number of carboxylic acid groups (broad SMARTS) is 1. The van der Waals surface area contributed by atoms with Crippen LogP contribution in [0.25, 0.3) is 0 Å². The smallest absolute Gasteiger partial charge is 0.394 e. The van der Waals surface area contributed by atoms with Crippen LogP contribution in [0, 0.1) is 0 Å². The van der Waals surface area contributed by atoms with Gasteiger partial charge in [-0.05, 0) is 0 Å². The van der Waals surface area contributed by atoms with Gasteiger partial charge in [-0.2, -0.15) is 8.42 Å². The van der Waals surface area contributed by atoms with Crippen molar-refractivity contribution < 1.29 is 61.1 Å². The van der Waals surface area contributed by atoms with Crippen LogP contribution in [0.3, 0.4) is 0 Å². The number of carbonyl (C=O) groups is 2. The Bertz CT molecular complexity index is 546. The van der Waals surface area contributed by atoms with E-state index in [1.165, 1.54) is 0 Å². The van der Waals surface area contributed by atoms with Crippen LogP contribution in [0.1, 0.15) is 0 Å². The van der Waals surface area contributed by atoms with Crippen molar-refractivity contribution in [3.8, 4) is 0 Å². The van der Waals surface area contributed by atoms with Crippen LogP contribution < -0.4 is 11.5 Å². The second kappa shape index (κ2) is 16.9. The normalized spacial score (nSPS) is 15.0. The molecule has 0 aromatic heterocycles. The van der Waals surface area contributed by atoms with Gasteiger partial charge in [0, 0.05) is 12.5 Å². The van der Waals surface area contributed by atoms with Crippen LogP contribution in [0.2, 0.25) is 0 Å². The van der Waals surface area contributed by atoms with Crippen molar-refractivity contribution in [2.45, 2.75) is 24.4 Å². The van der Waals surface area contributed by atoms with Gasteiger partial charge in [0.1, 0.15) is 34.4 Å². The predicted molar refractivity (Wildman–Crippen MR) is 90.8 cm³/mol. The molecule has 0 aromatic rings. The molecule has 0 rings (SSSR count). The number of aliphatic hydroxyl groups excluding tert-OH is 4. The van der Waals surface area contributed by atoms with Gasteiger partial charge in [0.05, 0.1) is 19.2 Å². The highest BCUT2D eigenvalue weighted by molar-refractivity contribution is 7.89. The van der Waals surface area contributed by atoms with Crippen LogP contribution in [0.5, 0.6) is 0 Å². The summed E-state index contributed by atoms with van der Waals surface area (Å²) in [5, 5.41) is 42.8. The molecule has 0 fully saturated rings. The maximum Gasteiger partial charge on any atom is 0.394 e. The van der Waals surface area contributed by atoms with Crippen molar-refractivity contribution in [1.29, 1.82) is 0 Å². The number of rotatable bonds is 6. The summed E-state index contributed by atoms with van der Waals surface area (Å²) in [6, 6.07) is -1.26. The Morgan fingerprint density at radius 3 is 1.44 bits per heavy atom. The fourth-order valence-corrected chi connectivity index (χ4v) is 0.644. The van der Waals surface area contributed by atoms with Crippen molar-refractivity contribution in [1.82, 2.24) is 0 Å². The fourth-order valence-electron chi connectivity index (χ4n) is 0.644. The molecule has 0 heterocycles. The fraction of sp³-hybridized carbons (Fsp3) is 0.800. The first kappa shape index (κ1) is 33.3. The average molecular weight is 446 g/mol. The summed E-state index contributed by atoms with van der Waals surface area (Å²) in [5.74, 6) is -0.968. The molecule has 17 heteroatoms. The molecule has 4 atom stereocenters. The molecular formula is C10H26N2O13S2. The Morgan fingerprint density at radius 2 is 1.30 bits per heavy atom. The lowest BCUT2D eigenvalue weighted by molar-refractivity contribution is -0.135. The summed E-state index contributed by atoms with van der Waals surface area (Å²) in [4.78, 5) is 19.3. The average Bonchev–Trinajstić information content (AvgIpc) is 2.49. The van der Waals surface area contributed by atoms with Crippen molar-refractivity contribution in [2.75, 3.05) is 25.7 Å². The molecule has 0 radical (unpaired) electrons. The monoisotopic (exact) mass is 446 g/mol. The van der Waals surface area contributed by atoms with E-state index in [2.05, 4.69) is 5.73 Å². The van der Waals surface area contributed by atoms with Gasteiger partial charge in [-0.15, -0.1) is 0 Å². The molecule has 0 aromatic carbocycles. The number of carbonyl (C=O) groups excluding carboxylic acids is 1. The van der Waals surface area contributed by atoms with Gasteiger partial charge in [0.2, 0.25) is 0 Å². The molecule has 0 aliphatic carbocycles. The Kier molecular flexibility index (Phi) is 20.8. The van der Waals surface area contributed by atoms with Crippen LogP contribution >= 0.6 is 0 Å². The highest BCUT2D eigenvalue weighted by Gasteiger charge is 2.28. The molecule has 0 spiro atoms. The number of aliphatic carboxylic acids is 1. The Hall–Kier alpha value is -1.28. The molecule has 0 aliphatic rings. The van der Waals surface area contributed by atoms with Gasteiger partial charge in [0.15, 0.2) is 0 Å². The minimum atomic E-state index is -4.67. The summed E-state index contributed by atoms with van der Waals surface area (Å²) in [5.41, 5.74) is 9.61. The molecule has 11 N–H and O–H groups in total. The predicted octanol–water partition coefficient (Wildman–Crippen LogP) is -5.37. The number of aliphatic hydroxyl groups is 4. The summed E-state index contributed by atoms with van der Waals surface area (Å²) in [6.07, 6.45) is -2.11. The number of hydrogen-bond acceptors (Lipinski definition) is 12. The lowest BCUT2D eigenvalue weighted by Gasteiger charge is -2.23. The zero-order chi connectivity index (χ0) is 23.0. The zero-order valence-corrected chi connectivity index (χ0v) is 16.0. The molecule has 0 saturated carbocycles. The number of nitrogens with two attached hydrogens (primary N) is 2. The SMILES string of the molecule is CS(C)(=O)=O.NCC(=O)O.N[C@@H](C=O)[C@@H](O)[C@H](O)[C@H](O)CO.O=S(=O)(O)O. The van der Waals surface area contributed by atoms with Crippen LogP contribution in [0.15, 0.2) is 0 Å². The maximum atomic E-state index is 10.0. The van der Waals surface area contributed by atoms with Gasteiger partial charge >= 0.3 is 16.4 Å². The molecule has 0 bridgehead atoms. The Balaban J connectivity index is -0.000000147. The topological polar surface area (TPSA) is 296 Å². The van der Waals surface area contributed by atoms with Crippen LogP contribution in [-0.4, -0.2) is 114 Å². The molecule has 0 saturated heterocycles. The van der Waals surface area contributed by atoms with Gasteiger partial charge in [-0.1, -0.05) is 0 Å². The van der Waals surface area contributed by atoms with E-state index in [0.717, 1.165) is 12.5 Å². The number of sulfone groups is 1. The molecule has 0 amide bonds. The molecule has 27 heavy (non-hydrogen) atoms. The second-order valence-corrected chi connectivity index (χ2v) is 7.81. The van der Waals surface area contributed by atoms with Gasteiger partial charge in [-0.3, -0.25) is 13.9 Å². The molecule has 166 valence electrons. The molecule has 15 nitrogen and oxygen atoms in total. The lowest BCUT2D eigenvalue weighted by Crippen LogP contribution is -2.49. The summed E-state index contributed by atoms with van der Waals surface area (Å²) in [7, 11) is -7.33. The first-order chi connectivity index (χ1) is 11.8. The molecule has 0 aliphatic heterocycles. The summed E-state index contributed by atoms with van der Waals surface area (Å²) < 4.78 is 50.8. The summed E-state index contributed by atoms with van der Waals surface area (Å²) in [6.45, 7) is -0.982. The third kappa shape index (κ3) is 45.6. The Morgan fingerprint density at radius 1 is 1.04 bits per heavy atom. The van der Waals surface area contributed by atoms with E-state index in [1.54, 1.807) is 0 Å². The van der Waals surface area contributed by atoms with E-state index in [-0.39, 0.29) is 12.8 Å². The van der Waals surface area contributed by atoms with Crippen molar-refractivity contribution in [2.24, 2.45) is 11.5 Å². The Labute approximate surface area is 155 Å². The summed E-state index contributed by atoms with van der Waals surface area (Å²) >= 11 is 0. The van der Waals surface area contributed by atoms with E-state index >= 15 is 0 Å². The minimum absolute atomic E-state index is 0.248. The maximum absolute atomic E-state index is 10.0. The van der Waals surface area contributed by atoms with Gasteiger partial charge in [0.25, 0.3) is 0 Å². The third-order valence-corrected chi connectivity index (χ3v) is 1.66. The largest absolute Gasteiger partial charge is 0.480 e. The second-order valence-electron chi connectivity index (χ2n) is 4.63. The number of carboxylic acids is 1. The standard InChI is InChI=1S/C6H13NO5.C2H5NO2.C2H6O2S.H2O4S/c7-3(1-8)5(11)6(12)4(10)2-9;3-1-2(4)5;2*1-5(2,3)4/h1,3-6,9-12H,2,7H2;1,3H2,(H,4,5);1-2H3;(H2,1,2,3,4)/t3-,4+,5+,6+;;;/m0.../s1. The van der Waals surface area contributed by atoms with E-state index < -0.39 is 57.2 Å².